The molecule has 2 rings (SSSR count). The molecule has 0 aromatic heterocycles. The first-order valence-corrected chi connectivity index (χ1v) is 6.24. The Hall–Kier alpha value is -1.46. The molecule has 0 amide bonds. The Kier molecular flexibility index (Phi) is 3.36. The second-order valence-corrected chi connectivity index (χ2v) is 5.38. The fourth-order valence-electron chi connectivity index (χ4n) is 3.90. The molecule has 0 unspecified atom stereocenters. The van der Waals surface area contributed by atoms with Crippen LogP contribution < -0.4 is 0 Å². The summed E-state index contributed by atoms with van der Waals surface area (Å²) in [5.41, 5.74) is 0. The van der Waals surface area contributed by atoms with Gasteiger partial charge in [-0.25, -0.2) is 0 Å². The van der Waals surface area contributed by atoms with Crippen molar-refractivity contribution in [2.75, 3.05) is 0 Å². The zero-order valence-corrected chi connectivity index (χ0v) is 10.5. The molecule has 0 radical (unpaired) electrons. The number of hydrogen-bond acceptors (Lipinski definition) is 5. The van der Waals surface area contributed by atoms with E-state index in [1.807, 2.05) is 0 Å². The summed E-state index contributed by atoms with van der Waals surface area (Å²) in [5, 5.41) is 9.66. The number of nitrogens with zero attached hydrogens (tertiary/aromatic N) is 1. The van der Waals surface area contributed by atoms with Crippen LogP contribution in [-0.4, -0.2) is 22.8 Å². The highest BCUT2D eigenvalue weighted by atomic mass is 17.0. The number of hydrogen-bond donors (Lipinski definition) is 0. The van der Waals surface area contributed by atoms with Gasteiger partial charge in [0.1, 0.15) is 17.7 Å². The van der Waals surface area contributed by atoms with E-state index in [1.165, 1.54) is 13.8 Å². The normalized spacial score (nSPS) is 33.7. The summed E-state index contributed by atoms with van der Waals surface area (Å²) in [6, 6.07) is 0. The number of rotatable bonds is 5. The molecule has 2 aliphatic rings. The molecule has 18 heavy (non-hydrogen) atoms. The Balaban J connectivity index is 2.17. The molecule has 0 heterocycles. The molecular formula is C12H17NO5. The van der Waals surface area contributed by atoms with Crippen molar-refractivity contribution in [3.05, 3.63) is 10.1 Å². The van der Waals surface area contributed by atoms with Crippen molar-refractivity contribution in [1.29, 1.82) is 0 Å². The van der Waals surface area contributed by atoms with E-state index in [9.17, 15) is 19.7 Å². The van der Waals surface area contributed by atoms with Crippen LogP contribution in [0.4, 0.5) is 0 Å². The van der Waals surface area contributed by atoms with Gasteiger partial charge in [0.25, 0.3) is 5.09 Å². The van der Waals surface area contributed by atoms with Gasteiger partial charge in [0.2, 0.25) is 0 Å². The van der Waals surface area contributed by atoms with Crippen LogP contribution in [0.1, 0.15) is 33.1 Å². The van der Waals surface area contributed by atoms with Gasteiger partial charge in [-0.15, -0.1) is 10.1 Å². The van der Waals surface area contributed by atoms with Gasteiger partial charge >= 0.3 is 0 Å². The molecule has 0 spiro atoms. The lowest BCUT2D eigenvalue weighted by Gasteiger charge is -2.24. The van der Waals surface area contributed by atoms with Crippen molar-refractivity contribution in [2.45, 2.75) is 39.2 Å². The van der Waals surface area contributed by atoms with Crippen LogP contribution in [0.5, 0.6) is 0 Å². The number of fused-ring (bicyclic) bond motifs is 2. The van der Waals surface area contributed by atoms with E-state index in [-0.39, 0.29) is 29.3 Å². The van der Waals surface area contributed by atoms with Crippen LogP contribution in [0.3, 0.4) is 0 Å². The van der Waals surface area contributed by atoms with E-state index in [1.54, 1.807) is 0 Å². The molecule has 0 saturated heterocycles. The van der Waals surface area contributed by atoms with Crippen LogP contribution in [0.15, 0.2) is 0 Å². The van der Waals surface area contributed by atoms with Crippen molar-refractivity contribution in [3.63, 3.8) is 0 Å². The van der Waals surface area contributed by atoms with Gasteiger partial charge in [0.15, 0.2) is 0 Å². The third kappa shape index (κ3) is 2.11. The van der Waals surface area contributed by atoms with Crippen LogP contribution in [0.2, 0.25) is 0 Å². The van der Waals surface area contributed by atoms with Gasteiger partial charge in [-0.3, -0.25) is 9.59 Å². The Morgan fingerprint density at radius 3 is 2.39 bits per heavy atom. The number of ketones is 2. The fraction of sp³-hybridized carbons (Fsp3) is 0.833. The van der Waals surface area contributed by atoms with Gasteiger partial charge in [-0.05, 0) is 50.9 Å². The highest BCUT2D eigenvalue weighted by Gasteiger charge is 2.54. The summed E-state index contributed by atoms with van der Waals surface area (Å²) in [5.74, 6) is -0.763. The van der Waals surface area contributed by atoms with E-state index in [2.05, 4.69) is 4.84 Å². The van der Waals surface area contributed by atoms with Gasteiger partial charge in [0, 0.05) is 0 Å². The maximum atomic E-state index is 11.6. The highest BCUT2D eigenvalue weighted by Crippen LogP contribution is 2.53. The van der Waals surface area contributed by atoms with Gasteiger partial charge in [0.05, 0.1) is 5.92 Å². The quantitative estimate of drug-likeness (QED) is 0.421. The minimum atomic E-state index is -0.765. The van der Waals surface area contributed by atoms with Crippen molar-refractivity contribution >= 4 is 11.6 Å². The summed E-state index contributed by atoms with van der Waals surface area (Å²) in [7, 11) is 0. The van der Waals surface area contributed by atoms with E-state index >= 15 is 0 Å². The molecule has 2 aliphatic carbocycles. The average molecular weight is 255 g/mol. The predicted octanol–water partition coefficient (Wildman–Crippen LogP) is 1.40. The minimum Gasteiger partial charge on any atom is -0.310 e. The third-order valence-electron chi connectivity index (χ3n) is 4.40. The second-order valence-electron chi connectivity index (χ2n) is 5.38. The molecule has 0 aromatic carbocycles. The molecule has 6 nitrogen and oxygen atoms in total. The SMILES string of the molecule is CC(=O)C(C(C)=O)[C@H]1[C@@H]2CC[C@H]1[C@H](O[N+](=O)[O-])C2. The summed E-state index contributed by atoms with van der Waals surface area (Å²) in [6.07, 6.45) is 1.90. The van der Waals surface area contributed by atoms with Crippen molar-refractivity contribution < 1.29 is 19.5 Å². The molecule has 0 aliphatic heterocycles. The summed E-state index contributed by atoms with van der Waals surface area (Å²) < 4.78 is 0. The average Bonchev–Trinajstić information content (AvgIpc) is 2.73. The second kappa shape index (κ2) is 4.66. The molecule has 2 fully saturated rings. The minimum absolute atomic E-state index is 0.0294. The molecule has 0 N–H and O–H groups in total. The van der Waals surface area contributed by atoms with E-state index in [4.69, 9.17) is 0 Å². The van der Waals surface area contributed by atoms with E-state index in [0.29, 0.717) is 6.42 Å². The first kappa shape index (κ1) is 13.0. The zero-order chi connectivity index (χ0) is 13.4. The van der Waals surface area contributed by atoms with Crippen LogP contribution in [0, 0.1) is 33.8 Å². The third-order valence-corrected chi connectivity index (χ3v) is 4.40. The lowest BCUT2D eigenvalue weighted by Crippen LogP contribution is -2.33. The van der Waals surface area contributed by atoms with Crippen LogP contribution in [0.25, 0.3) is 0 Å². The molecule has 2 saturated carbocycles. The highest BCUT2D eigenvalue weighted by molar-refractivity contribution is 6.00. The Labute approximate surface area is 105 Å². The molecule has 6 heteroatoms. The number of carbonyl (C=O) groups excluding carboxylic acids is 2. The topological polar surface area (TPSA) is 86.5 Å². The van der Waals surface area contributed by atoms with Crippen LogP contribution in [-0.2, 0) is 14.4 Å². The lowest BCUT2D eigenvalue weighted by atomic mass is 9.79. The maximum absolute atomic E-state index is 11.6. The Morgan fingerprint density at radius 1 is 1.28 bits per heavy atom. The first-order valence-electron chi connectivity index (χ1n) is 6.24. The predicted molar refractivity (Wildman–Crippen MR) is 61.0 cm³/mol. The fourth-order valence-corrected chi connectivity index (χ4v) is 3.90. The lowest BCUT2D eigenvalue weighted by molar-refractivity contribution is -0.770. The van der Waals surface area contributed by atoms with Crippen molar-refractivity contribution in [3.8, 4) is 0 Å². The first-order chi connectivity index (χ1) is 8.41. The molecule has 100 valence electrons. The van der Waals surface area contributed by atoms with Gasteiger partial charge in [-0.1, -0.05) is 0 Å². The molecule has 2 bridgehead atoms. The number of Topliss-reactive ketones (excluding diaryl/α,β-unsaturated/α-hetero) is 2. The largest absolute Gasteiger partial charge is 0.310 e. The Morgan fingerprint density at radius 2 is 1.89 bits per heavy atom. The molecule has 4 atom stereocenters. The summed E-state index contributed by atoms with van der Waals surface area (Å²) in [4.78, 5) is 38.4. The van der Waals surface area contributed by atoms with Crippen LogP contribution >= 0.6 is 0 Å². The van der Waals surface area contributed by atoms with E-state index in [0.717, 1.165) is 12.8 Å². The standard InChI is InChI=1S/C12H17NO5/c1-6(14)11(7(2)15)12-8-3-4-9(12)10(5-8)18-13(16)17/h8-12H,3-5H2,1-2H3/t8-,9+,10-,12+/m1/s1. The van der Waals surface area contributed by atoms with Crippen molar-refractivity contribution in [2.24, 2.45) is 23.7 Å². The smallest absolute Gasteiger partial charge is 0.294 e. The van der Waals surface area contributed by atoms with Gasteiger partial charge < -0.3 is 4.84 Å². The monoisotopic (exact) mass is 255 g/mol. The summed E-state index contributed by atoms with van der Waals surface area (Å²) >= 11 is 0. The number of carbonyl (C=O) groups is 2. The van der Waals surface area contributed by atoms with E-state index < -0.39 is 17.1 Å². The summed E-state index contributed by atoms with van der Waals surface area (Å²) in [6.45, 7) is 2.85. The maximum Gasteiger partial charge on any atom is 0.294 e. The molecular weight excluding hydrogens is 238 g/mol. The zero-order valence-electron chi connectivity index (χ0n) is 10.5. The molecule has 0 aromatic rings. The van der Waals surface area contributed by atoms with Gasteiger partial charge in [-0.2, -0.15) is 0 Å². The Bertz CT molecular complexity index is 380. The van der Waals surface area contributed by atoms with Crippen molar-refractivity contribution in [1.82, 2.24) is 0 Å².